The lowest BCUT2D eigenvalue weighted by atomic mass is 10.2. The quantitative estimate of drug-likeness (QED) is 0.290. The molecule has 1 amide bonds. The molecule has 0 bridgehead atoms. The minimum atomic E-state index is -1.91. The van der Waals surface area contributed by atoms with Crippen molar-refractivity contribution in [1.29, 1.82) is 0 Å². The smallest absolute Gasteiger partial charge is 0.256 e. The molecular weight excluding hydrogens is 488 g/mol. The number of methoxy groups -OCH3 is 1. The van der Waals surface area contributed by atoms with Crippen LogP contribution in [0, 0.1) is 0 Å². The molecule has 2 rings (SSSR count). The average Bonchev–Trinajstić information content (AvgIpc) is 2.62. The number of benzene rings is 2. The number of alkyl halides is 3. The summed E-state index contributed by atoms with van der Waals surface area (Å²) in [7, 11) is 1.45. The topological polar surface area (TPSA) is 62.4 Å². The van der Waals surface area contributed by atoms with Gasteiger partial charge in [0, 0.05) is 5.02 Å². The standard InChI is InChI=1S/C17H14Cl5N3O2S/c1-27-13-5-3-2-4-10(13)14(26)24-15(17(20,21)22)25-16(28)23-12-7-6-9(18)8-11(12)19/h2-8,15H,1H3,(H,24,26)(H2,23,25,28)/t15-/m0/s1. The van der Waals surface area contributed by atoms with E-state index in [-0.39, 0.29) is 10.7 Å². The summed E-state index contributed by atoms with van der Waals surface area (Å²) in [6.45, 7) is 0. The zero-order valence-electron chi connectivity index (χ0n) is 14.2. The number of rotatable bonds is 5. The van der Waals surface area contributed by atoms with Crippen molar-refractivity contribution in [2.24, 2.45) is 0 Å². The number of thiocarbonyl (C=S) groups is 1. The van der Waals surface area contributed by atoms with E-state index in [9.17, 15) is 4.79 Å². The Morgan fingerprint density at radius 1 is 1.11 bits per heavy atom. The number of carbonyl (C=O) groups is 1. The van der Waals surface area contributed by atoms with E-state index in [1.54, 1.807) is 42.5 Å². The lowest BCUT2D eigenvalue weighted by Crippen LogP contribution is -2.56. The average molecular weight is 502 g/mol. The molecule has 150 valence electrons. The van der Waals surface area contributed by atoms with Crippen LogP contribution in [0.1, 0.15) is 10.4 Å². The summed E-state index contributed by atoms with van der Waals surface area (Å²) in [6.07, 6.45) is -1.15. The predicted molar refractivity (Wildman–Crippen MR) is 120 cm³/mol. The highest BCUT2D eigenvalue weighted by molar-refractivity contribution is 7.80. The number of nitrogens with one attached hydrogen (secondary N) is 3. The zero-order chi connectivity index (χ0) is 20.9. The number of para-hydroxylation sites is 1. The first-order chi connectivity index (χ1) is 13.1. The fraction of sp³-hybridized carbons (Fsp3) is 0.176. The summed E-state index contributed by atoms with van der Waals surface area (Å²) in [5, 5.41) is 9.07. The van der Waals surface area contributed by atoms with Crippen molar-refractivity contribution in [2.45, 2.75) is 9.96 Å². The second-order valence-electron chi connectivity index (χ2n) is 5.37. The second kappa shape index (κ2) is 10.1. The highest BCUT2D eigenvalue weighted by Crippen LogP contribution is 2.30. The molecule has 0 aromatic heterocycles. The number of amides is 1. The Balaban J connectivity index is 2.13. The first kappa shape index (κ1) is 23.1. The van der Waals surface area contributed by atoms with Gasteiger partial charge in [-0.15, -0.1) is 0 Å². The highest BCUT2D eigenvalue weighted by atomic mass is 35.6. The van der Waals surface area contributed by atoms with Gasteiger partial charge in [0.15, 0.2) is 5.11 Å². The second-order valence-corrected chi connectivity index (χ2v) is 8.99. The van der Waals surface area contributed by atoms with Crippen LogP contribution in [0.4, 0.5) is 5.69 Å². The summed E-state index contributed by atoms with van der Waals surface area (Å²) in [6, 6.07) is 11.4. The lowest BCUT2D eigenvalue weighted by molar-refractivity contribution is 0.0931. The molecular formula is C17H14Cl5N3O2S. The van der Waals surface area contributed by atoms with E-state index in [4.69, 9.17) is 75.0 Å². The summed E-state index contributed by atoms with van der Waals surface area (Å²) < 4.78 is 3.26. The molecule has 0 aliphatic carbocycles. The van der Waals surface area contributed by atoms with Crippen LogP contribution in [0.3, 0.4) is 0 Å². The molecule has 11 heteroatoms. The van der Waals surface area contributed by atoms with Gasteiger partial charge in [-0.3, -0.25) is 4.79 Å². The molecule has 0 aliphatic rings. The van der Waals surface area contributed by atoms with E-state index in [2.05, 4.69) is 16.0 Å². The van der Waals surface area contributed by atoms with Gasteiger partial charge in [-0.25, -0.2) is 0 Å². The van der Waals surface area contributed by atoms with Gasteiger partial charge in [-0.1, -0.05) is 70.1 Å². The van der Waals surface area contributed by atoms with E-state index in [1.165, 1.54) is 7.11 Å². The third-order valence-corrected chi connectivity index (χ3v) is 4.83. The van der Waals surface area contributed by atoms with Crippen molar-refractivity contribution in [1.82, 2.24) is 10.6 Å². The van der Waals surface area contributed by atoms with Gasteiger partial charge < -0.3 is 20.7 Å². The maximum Gasteiger partial charge on any atom is 0.256 e. The Labute approximate surface area is 192 Å². The minimum absolute atomic E-state index is 0.0703. The number of anilines is 1. The summed E-state index contributed by atoms with van der Waals surface area (Å²) in [5.41, 5.74) is 0.758. The maximum atomic E-state index is 12.6. The molecule has 1 atom stereocenters. The van der Waals surface area contributed by atoms with Gasteiger partial charge in [-0.05, 0) is 42.5 Å². The van der Waals surface area contributed by atoms with E-state index < -0.39 is 15.9 Å². The molecule has 0 saturated carbocycles. The number of hydrogen-bond donors (Lipinski definition) is 3. The molecule has 5 nitrogen and oxygen atoms in total. The molecule has 0 radical (unpaired) electrons. The number of hydrogen-bond acceptors (Lipinski definition) is 3. The Hall–Kier alpha value is -1.15. The zero-order valence-corrected chi connectivity index (χ0v) is 18.8. The van der Waals surface area contributed by atoms with Crippen LogP contribution in [0.2, 0.25) is 10.0 Å². The van der Waals surface area contributed by atoms with Crippen LogP contribution in [0.5, 0.6) is 5.75 Å². The normalized spacial score (nSPS) is 12.1. The fourth-order valence-corrected chi connectivity index (χ4v) is 3.13. The SMILES string of the molecule is COc1ccccc1C(=O)N[C@@H](NC(=S)Nc1ccc(Cl)cc1Cl)C(Cl)(Cl)Cl. The third kappa shape index (κ3) is 6.44. The maximum absolute atomic E-state index is 12.6. The molecule has 2 aromatic carbocycles. The largest absolute Gasteiger partial charge is 0.496 e. The van der Waals surface area contributed by atoms with Gasteiger partial charge in [0.25, 0.3) is 5.91 Å². The monoisotopic (exact) mass is 499 g/mol. The van der Waals surface area contributed by atoms with Gasteiger partial charge in [0.1, 0.15) is 11.9 Å². The molecule has 28 heavy (non-hydrogen) atoms. The lowest BCUT2D eigenvalue weighted by Gasteiger charge is -2.28. The highest BCUT2D eigenvalue weighted by Gasteiger charge is 2.35. The Bertz CT molecular complexity index is 876. The first-order valence-corrected chi connectivity index (χ1v) is 9.95. The molecule has 3 N–H and O–H groups in total. The molecule has 0 heterocycles. The predicted octanol–water partition coefficient (Wildman–Crippen LogP) is 5.41. The number of halogens is 5. The summed E-state index contributed by atoms with van der Waals surface area (Å²) in [5.74, 6) is -0.148. The van der Waals surface area contributed by atoms with Gasteiger partial charge in [0.05, 0.1) is 23.4 Å². The van der Waals surface area contributed by atoms with Gasteiger partial charge in [0.2, 0.25) is 3.79 Å². The van der Waals surface area contributed by atoms with Crippen LogP contribution in [0.25, 0.3) is 0 Å². The summed E-state index contributed by atoms with van der Waals surface area (Å²) >= 11 is 35.2. The van der Waals surface area contributed by atoms with E-state index >= 15 is 0 Å². The Morgan fingerprint density at radius 3 is 2.39 bits per heavy atom. The van der Waals surface area contributed by atoms with Crippen molar-refractivity contribution < 1.29 is 9.53 Å². The van der Waals surface area contributed by atoms with Crippen LogP contribution >= 0.6 is 70.2 Å². The molecule has 2 aromatic rings. The molecule has 0 fully saturated rings. The Kier molecular flexibility index (Phi) is 8.30. The van der Waals surface area contributed by atoms with Crippen LogP contribution in [-0.2, 0) is 0 Å². The first-order valence-electron chi connectivity index (χ1n) is 7.65. The fourth-order valence-electron chi connectivity index (χ4n) is 2.12. The van der Waals surface area contributed by atoms with Crippen LogP contribution < -0.4 is 20.7 Å². The molecule has 0 unspecified atom stereocenters. The minimum Gasteiger partial charge on any atom is -0.496 e. The summed E-state index contributed by atoms with van der Waals surface area (Å²) in [4.78, 5) is 12.6. The van der Waals surface area contributed by atoms with Crippen molar-refractivity contribution in [3.05, 3.63) is 58.1 Å². The molecule has 0 saturated heterocycles. The van der Waals surface area contributed by atoms with Crippen molar-refractivity contribution in [3.8, 4) is 5.75 Å². The number of carbonyl (C=O) groups excluding carboxylic acids is 1. The van der Waals surface area contributed by atoms with Crippen LogP contribution in [0.15, 0.2) is 42.5 Å². The third-order valence-electron chi connectivity index (χ3n) is 3.41. The number of ether oxygens (including phenoxy) is 1. The van der Waals surface area contributed by atoms with E-state index in [1.807, 2.05) is 0 Å². The van der Waals surface area contributed by atoms with Crippen LogP contribution in [-0.4, -0.2) is 28.1 Å². The molecule has 0 aliphatic heterocycles. The van der Waals surface area contributed by atoms with E-state index in [0.29, 0.717) is 21.5 Å². The van der Waals surface area contributed by atoms with E-state index in [0.717, 1.165) is 0 Å². The van der Waals surface area contributed by atoms with Gasteiger partial charge in [-0.2, -0.15) is 0 Å². The van der Waals surface area contributed by atoms with Crippen molar-refractivity contribution in [2.75, 3.05) is 12.4 Å². The Morgan fingerprint density at radius 2 is 1.79 bits per heavy atom. The molecule has 0 spiro atoms. The van der Waals surface area contributed by atoms with Crippen molar-refractivity contribution in [3.63, 3.8) is 0 Å². The van der Waals surface area contributed by atoms with Crippen molar-refractivity contribution >= 4 is 86.9 Å². The van der Waals surface area contributed by atoms with Gasteiger partial charge >= 0.3 is 0 Å².